The van der Waals surface area contributed by atoms with Crippen molar-refractivity contribution in [2.24, 2.45) is 5.73 Å². The number of carbonyl (C=O) groups is 1. The summed E-state index contributed by atoms with van der Waals surface area (Å²) in [5.41, 5.74) is 5.16. The third-order valence-electron chi connectivity index (χ3n) is 1.30. The van der Waals surface area contributed by atoms with Gasteiger partial charge in [0.1, 0.15) is 6.61 Å². The minimum Gasteiger partial charge on any atom is -0.370 e. The lowest BCUT2D eigenvalue weighted by Gasteiger charge is -2.09. The van der Waals surface area contributed by atoms with Crippen LogP contribution in [0.4, 0.5) is 0 Å². The van der Waals surface area contributed by atoms with Gasteiger partial charge in [-0.05, 0) is 6.92 Å². The van der Waals surface area contributed by atoms with E-state index in [0.717, 1.165) is 0 Å². The van der Waals surface area contributed by atoms with Crippen LogP contribution in [0.15, 0.2) is 0 Å². The monoisotopic (exact) mass is 185 g/mol. The highest BCUT2D eigenvalue weighted by molar-refractivity contribution is 5.77. The molecule has 3 N–H and O–H groups in total. The van der Waals surface area contributed by atoms with Crippen molar-refractivity contribution in [2.75, 3.05) is 19.8 Å². The van der Waals surface area contributed by atoms with Gasteiger partial charge < -0.3 is 15.8 Å². The summed E-state index contributed by atoms with van der Waals surface area (Å²) in [6.07, 6.45) is 0.308. The number of nitrogens with one attached hydrogen (secondary N) is 1. The van der Waals surface area contributed by atoms with Crippen LogP contribution in [0.3, 0.4) is 0 Å². The van der Waals surface area contributed by atoms with Crippen molar-refractivity contribution in [3.8, 4) is 6.07 Å². The number of nitrogens with two attached hydrogens (primary N) is 1. The molecule has 0 aliphatic heterocycles. The largest absolute Gasteiger partial charge is 0.370 e. The van der Waals surface area contributed by atoms with Gasteiger partial charge in [-0.25, -0.2) is 0 Å². The van der Waals surface area contributed by atoms with Crippen molar-refractivity contribution >= 4 is 5.91 Å². The molecule has 0 heterocycles. The minimum absolute atomic E-state index is 0.00691. The number of ether oxygens (including phenoxy) is 1. The lowest BCUT2D eigenvalue weighted by atomic mass is 10.2. The summed E-state index contributed by atoms with van der Waals surface area (Å²) in [6.45, 7) is 2.55. The second-order valence-electron chi connectivity index (χ2n) is 2.67. The number of hydrogen-bond donors (Lipinski definition) is 2. The number of amides is 1. The van der Waals surface area contributed by atoms with Crippen LogP contribution in [0.1, 0.15) is 13.3 Å². The van der Waals surface area contributed by atoms with E-state index in [9.17, 15) is 4.79 Å². The van der Waals surface area contributed by atoms with E-state index < -0.39 is 0 Å². The second kappa shape index (κ2) is 7.53. The molecule has 0 aliphatic rings. The fraction of sp³-hybridized carbons (Fsp3) is 0.750. The standard InChI is InChI=1S/C8H15N3O2/c1-7(2-3-9)11-8(12)6-13-5-4-10/h7H,2,4-6,10H2,1H3,(H,11,12). The zero-order valence-corrected chi connectivity index (χ0v) is 7.75. The van der Waals surface area contributed by atoms with Gasteiger partial charge in [0.2, 0.25) is 5.91 Å². The van der Waals surface area contributed by atoms with Crippen LogP contribution < -0.4 is 11.1 Å². The van der Waals surface area contributed by atoms with Gasteiger partial charge in [0.05, 0.1) is 19.1 Å². The molecule has 5 heteroatoms. The molecule has 0 aliphatic carbocycles. The Bertz CT molecular complexity index is 188. The van der Waals surface area contributed by atoms with Crippen molar-refractivity contribution in [1.82, 2.24) is 5.32 Å². The van der Waals surface area contributed by atoms with E-state index in [2.05, 4.69) is 5.32 Å². The Morgan fingerprint density at radius 3 is 3.00 bits per heavy atom. The molecule has 0 saturated heterocycles. The van der Waals surface area contributed by atoms with Gasteiger partial charge in [-0.1, -0.05) is 0 Å². The Morgan fingerprint density at radius 1 is 1.77 bits per heavy atom. The third-order valence-corrected chi connectivity index (χ3v) is 1.30. The summed E-state index contributed by atoms with van der Waals surface area (Å²) < 4.78 is 4.90. The first-order chi connectivity index (χ1) is 6.20. The predicted octanol–water partition coefficient (Wildman–Crippen LogP) is -0.620. The van der Waals surface area contributed by atoms with Crippen molar-refractivity contribution < 1.29 is 9.53 Å². The second-order valence-corrected chi connectivity index (χ2v) is 2.67. The molecule has 0 aromatic carbocycles. The highest BCUT2D eigenvalue weighted by Crippen LogP contribution is 1.87. The van der Waals surface area contributed by atoms with Gasteiger partial charge in [-0.2, -0.15) is 5.26 Å². The fourth-order valence-electron chi connectivity index (χ4n) is 0.753. The number of nitrogens with zero attached hydrogens (tertiary/aromatic N) is 1. The molecule has 0 bridgehead atoms. The molecule has 13 heavy (non-hydrogen) atoms. The van der Waals surface area contributed by atoms with E-state index >= 15 is 0 Å². The average Bonchev–Trinajstić information content (AvgIpc) is 2.05. The van der Waals surface area contributed by atoms with Crippen molar-refractivity contribution in [1.29, 1.82) is 5.26 Å². The maximum Gasteiger partial charge on any atom is 0.246 e. The molecule has 1 unspecified atom stereocenters. The number of hydrogen-bond acceptors (Lipinski definition) is 4. The smallest absolute Gasteiger partial charge is 0.246 e. The molecular weight excluding hydrogens is 170 g/mol. The van der Waals surface area contributed by atoms with Crippen molar-refractivity contribution in [3.63, 3.8) is 0 Å². The first-order valence-corrected chi connectivity index (χ1v) is 4.14. The van der Waals surface area contributed by atoms with E-state index in [1.807, 2.05) is 6.07 Å². The number of nitriles is 1. The minimum atomic E-state index is -0.212. The van der Waals surface area contributed by atoms with E-state index in [1.165, 1.54) is 0 Å². The molecule has 0 spiro atoms. The fourth-order valence-corrected chi connectivity index (χ4v) is 0.753. The van der Waals surface area contributed by atoms with E-state index in [-0.39, 0.29) is 18.6 Å². The molecule has 1 atom stereocenters. The number of rotatable bonds is 6. The Kier molecular flexibility index (Phi) is 6.88. The molecule has 74 valence electrons. The van der Waals surface area contributed by atoms with E-state index in [1.54, 1.807) is 6.92 Å². The van der Waals surface area contributed by atoms with Crippen molar-refractivity contribution in [3.05, 3.63) is 0 Å². The van der Waals surface area contributed by atoms with Crippen LogP contribution in [-0.2, 0) is 9.53 Å². The first-order valence-electron chi connectivity index (χ1n) is 4.14. The van der Waals surface area contributed by atoms with Crippen LogP contribution in [0, 0.1) is 11.3 Å². The Hall–Kier alpha value is -1.12. The molecule has 0 radical (unpaired) electrons. The van der Waals surface area contributed by atoms with Crippen LogP contribution in [0.2, 0.25) is 0 Å². The molecule has 1 amide bonds. The molecule has 0 rings (SSSR count). The van der Waals surface area contributed by atoms with Gasteiger partial charge in [-0.15, -0.1) is 0 Å². The van der Waals surface area contributed by atoms with Crippen LogP contribution in [-0.4, -0.2) is 31.7 Å². The maximum absolute atomic E-state index is 11.0. The van der Waals surface area contributed by atoms with Crippen molar-refractivity contribution in [2.45, 2.75) is 19.4 Å². The van der Waals surface area contributed by atoms with Gasteiger partial charge >= 0.3 is 0 Å². The Balaban J connectivity index is 3.45. The molecule has 5 nitrogen and oxygen atoms in total. The summed E-state index contributed by atoms with van der Waals surface area (Å²) in [5.74, 6) is -0.212. The zero-order chi connectivity index (χ0) is 10.1. The van der Waals surface area contributed by atoms with E-state index in [0.29, 0.717) is 19.6 Å². The first kappa shape index (κ1) is 11.9. The lowest BCUT2D eigenvalue weighted by molar-refractivity contribution is -0.126. The maximum atomic E-state index is 11.0. The zero-order valence-electron chi connectivity index (χ0n) is 7.75. The lowest BCUT2D eigenvalue weighted by Crippen LogP contribution is -2.35. The van der Waals surface area contributed by atoms with Gasteiger partial charge in [0.25, 0.3) is 0 Å². The topological polar surface area (TPSA) is 88.1 Å². The van der Waals surface area contributed by atoms with Gasteiger partial charge in [0.15, 0.2) is 0 Å². The Labute approximate surface area is 77.9 Å². The highest BCUT2D eigenvalue weighted by Gasteiger charge is 2.05. The average molecular weight is 185 g/mol. The normalized spacial score (nSPS) is 11.8. The summed E-state index contributed by atoms with van der Waals surface area (Å²) in [4.78, 5) is 11.0. The Morgan fingerprint density at radius 2 is 2.46 bits per heavy atom. The summed E-state index contributed by atoms with van der Waals surface area (Å²) in [7, 11) is 0. The van der Waals surface area contributed by atoms with Crippen LogP contribution in [0.25, 0.3) is 0 Å². The highest BCUT2D eigenvalue weighted by atomic mass is 16.5. The summed E-state index contributed by atoms with van der Waals surface area (Å²) >= 11 is 0. The summed E-state index contributed by atoms with van der Waals surface area (Å²) in [6, 6.07) is 1.84. The number of carbonyl (C=O) groups excluding carboxylic acids is 1. The van der Waals surface area contributed by atoms with Gasteiger partial charge in [0, 0.05) is 12.6 Å². The molecule has 0 saturated carbocycles. The molecule has 0 aromatic heterocycles. The van der Waals surface area contributed by atoms with Crippen LogP contribution in [0.5, 0.6) is 0 Å². The molecule has 0 aromatic rings. The van der Waals surface area contributed by atoms with Gasteiger partial charge in [-0.3, -0.25) is 4.79 Å². The summed E-state index contributed by atoms with van der Waals surface area (Å²) in [5, 5.41) is 10.9. The molecular formula is C8H15N3O2. The predicted molar refractivity (Wildman–Crippen MR) is 47.7 cm³/mol. The van der Waals surface area contributed by atoms with Crippen LogP contribution >= 0.6 is 0 Å². The quantitative estimate of drug-likeness (QED) is 0.540. The third kappa shape index (κ3) is 7.25. The van der Waals surface area contributed by atoms with E-state index in [4.69, 9.17) is 15.7 Å². The SMILES string of the molecule is CC(CC#N)NC(=O)COCCN. The molecule has 0 fully saturated rings.